The fraction of sp³-hybridized carbons (Fsp3) is 0.0833. The molecule has 1 N–H and O–H groups in total. The van der Waals surface area contributed by atoms with Crippen LogP contribution in [0.1, 0.15) is 16.1 Å². The Morgan fingerprint density at radius 3 is 2.43 bits per heavy atom. The molecule has 1 amide bonds. The van der Waals surface area contributed by atoms with Crippen molar-refractivity contribution >= 4 is 34.8 Å². The van der Waals surface area contributed by atoms with Crippen LogP contribution in [-0.4, -0.2) is 15.9 Å². The molecule has 110 valence electrons. The van der Waals surface area contributed by atoms with Crippen LogP contribution in [0.25, 0.3) is 0 Å². The van der Waals surface area contributed by atoms with Crippen LogP contribution in [-0.2, 0) is 6.18 Å². The Labute approximate surface area is 126 Å². The number of amides is 1. The number of nitrogens with zero attached hydrogens (tertiary/aromatic N) is 2. The van der Waals surface area contributed by atoms with Crippen molar-refractivity contribution in [2.75, 3.05) is 5.32 Å². The first kappa shape index (κ1) is 15.5. The predicted molar refractivity (Wildman–Crippen MR) is 71.4 cm³/mol. The van der Waals surface area contributed by atoms with E-state index in [9.17, 15) is 18.0 Å². The Morgan fingerprint density at radius 1 is 1.14 bits per heavy atom. The van der Waals surface area contributed by atoms with Crippen molar-refractivity contribution in [3.8, 4) is 0 Å². The summed E-state index contributed by atoms with van der Waals surface area (Å²) < 4.78 is 38.1. The first-order valence-electron chi connectivity index (χ1n) is 5.43. The lowest BCUT2D eigenvalue weighted by molar-refractivity contribution is -0.137. The molecule has 1 heterocycles. The van der Waals surface area contributed by atoms with Gasteiger partial charge in [-0.15, -0.1) is 0 Å². The van der Waals surface area contributed by atoms with Gasteiger partial charge in [-0.25, -0.2) is 9.97 Å². The minimum absolute atomic E-state index is 0.0616. The molecule has 0 aliphatic heterocycles. The highest BCUT2D eigenvalue weighted by molar-refractivity contribution is 6.31. The summed E-state index contributed by atoms with van der Waals surface area (Å²) in [5, 5.41) is 1.92. The van der Waals surface area contributed by atoms with E-state index in [1.54, 1.807) is 0 Å². The Morgan fingerprint density at radius 2 is 1.86 bits per heavy atom. The van der Waals surface area contributed by atoms with Crippen molar-refractivity contribution in [2.24, 2.45) is 0 Å². The standard InChI is InChI=1S/C12H6Cl2F3N3O/c13-8-2-1-6(3-7(8)12(15,16)17)20-11(21)9-4-19-10(14)5-18-9/h1-5H,(H,20,21). The molecule has 0 saturated heterocycles. The predicted octanol–water partition coefficient (Wildman–Crippen LogP) is 4.05. The molecule has 0 fully saturated rings. The van der Waals surface area contributed by atoms with Crippen molar-refractivity contribution in [1.82, 2.24) is 9.97 Å². The smallest absolute Gasteiger partial charge is 0.321 e. The van der Waals surface area contributed by atoms with Crippen LogP contribution in [0.3, 0.4) is 0 Å². The number of hydrogen-bond acceptors (Lipinski definition) is 3. The van der Waals surface area contributed by atoms with E-state index < -0.39 is 22.7 Å². The van der Waals surface area contributed by atoms with Crippen molar-refractivity contribution in [3.63, 3.8) is 0 Å². The highest BCUT2D eigenvalue weighted by Gasteiger charge is 2.33. The molecule has 1 aromatic carbocycles. The van der Waals surface area contributed by atoms with Gasteiger partial charge in [0.2, 0.25) is 0 Å². The van der Waals surface area contributed by atoms with Gasteiger partial charge in [0.1, 0.15) is 10.8 Å². The maximum atomic E-state index is 12.7. The molecule has 4 nitrogen and oxygen atoms in total. The third kappa shape index (κ3) is 3.83. The van der Waals surface area contributed by atoms with E-state index in [-0.39, 0.29) is 16.5 Å². The van der Waals surface area contributed by atoms with Gasteiger partial charge in [-0.2, -0.15) is 13.2 Å². The molecule has 2 aromatic rings. The maximum Gasteiger partial charge on any atom is 0.417 e. The van der Waals surface area contributed by atoms with E-state index in [4.69, 9.17) is 23.2 Å². The summed E-state index contributed by atoms with van der Waals surface area (Å²) in [5.41, 5.74) is -1.18. The molecule has 0 unspecified atom stereocenters. The van der Waals surface area contributed by atoms with Gasteiger partial charge in [0, 0.05) is 5.69 Å². The van der Waals surface area contributed by atoms with E-state index in [0.717, 1.165) is 24.5 Å². The Balaban J connectivity index is 2.24. The molecule has 0 aliphatic rings. The summed E-state index contributed by atoms with van der Waals surface area (Å²) in [6.07, 6.45) is -2.35. The summed E-state index contributed by atoms with van der Waals surface area (Å²) in [6, 6.07) is 3.04. The van der Waals surface area contributed by atoms with Crippen molar-refractivity contribution in [2.45, 2.75) is 6.18 Å². The fourth-order valence-electron chi connectivity index (χ4n) is 1.44. The molecule has 1 aromatic heterocycles. The second-order valence-electron chi connectivity index (χ2n) is 3.87. The first-order chi connectivity index (χ1) is 9.77. The quantitative estimate of drug-likeness (QED) is 0.900. The van der Waals surface area contributed by atoms with Crippen molar-refractivity contribution in [1.29, 1.82) is 0 Å². The summed E-state index contributed by atoms with van der Waals surface area (Å²) >= 11 is 11.0. The Hall–Kier alpha value is -1.86. The average molecular weight is 336 g/mol. The zero-order chi connectivity index (χ0) is 15.6. The normalized spacial score (nSPS) is 11.3. The Bertz CT molecular complexity index is 674. The molecule has 0 bridgehead atoms. The third-order valence-electron chi connectivity index (χ3n) is 2.38. The maximum absolute atomic E-state index is 12.7. The lowest BCUT2D eigenvalue weighted by atomic mass is 10.2. The number of hydrogen-bond donors (Lipinski definition) is 1. The number of aromatic nitrogens is 2. The van der Waals surface area contributed by atoms with Gasteiger partial charge in [-0.05, 0) is 18.2 Å². The van der Waals surface area contributed by atoms with Crippen LogP contribution in [0, 0.1) is 0 Å². The van der Waals surface area contributed by atoms with Gasteiger partial charge in [0.15, 0.2) is 0 Å². The minimum atomic E-state index is -4.61. The lowest BCUT2D eigenvalue weighted by Gasteiger charge is -2.11. The Kier molecular flexibility index (Phi) is 4.34. The molecule has 9 heteroatoms. The monoisotopic (exact) mass is 335 g/mol. The van der Waals surface area contributed by atoms with Crippen LogP contribution in [0.5, 0.6) is 0 Å². The zero-order valence-corrected chi connectivity index (χ0v) is 11.6. The number of halogens is 5. The van der Waals surface area contributed by atoms with E-state index in [1.807, 2.05) is 0 Å². The SMILES string of the molecule is O=C(Nc1ccc(Cl)c(C(F)(F)F)c1)c1cnc(Cl)cn1. The zero-order valence-electron chi connectivity index (χ0n) is 10.1. The molecule has 0 aliphatic carbocycles. The molecule has 2 rings (SSSR count). The van der Waals surface area contributed by atoms with E-state index in [0.29, 0.717) is 0 Å². The highest BCUT2D eigenvalue weighted by atomic mass is 35.5. The minimum Gasteiger partial charge on any atom is -0.321 e. The van der Waals surface area contributed by atoms with Crippen LogP contribution in [0.15, 0.2) is 30.6 Å². The number of anilines is 1. The number of benzene rings is 1. The highest BCUT2D eigenvalue weighted by Crippen LogP contribution is 2.36. The second kappa shape index (κ2) is 5.87. The molecule has 0 saturated carbocycles. The van der Waals surface area contributed by atoms with Crippen LogP contribution in [0.4, 0.5) is 18.9 Å². The van der Waals surface area contributed by atoms with Gasteiger partial charge in [0.05, 0.1) is 23.0 Å². The van der Waals surface area contributed by atoms with Crippen molar-refractivity contribution < 1.29 is 18.0 Å². The summed E-state index contributed by atoms with van der Waals surface area (Å²) in [7, 11) is 0. The average Bonchev–Trinajstić information content (AvgIpc) is 2.40. The summed E-state index contributed by atoms with van der Waals surface area (Å²) in [6.45, 7) is 0. The molecular weight excluding hydrogens is 330 g/mol. The van der Waals surface area contributed by atoms with Crippen molar-refractivity contribution in [3.05, 3.63) is 52.0 Å². The topological polar surface area (TPSA) is 54.9 Å². The number of carbonyl (C=O) groups is 1. The third-order valence-corrected chi connectivity index (χ3v) is 2.91. The van der Waals surface area contributed by atoms with Crippen LogP contribution in [0.2, 0.25) is 10.2 Å². The van der Waals surface area contributed by atoms with Crippen LogP contribution >= 0.6 is 23.2 Å². The molecule has 0 atom stereocenters. The number of nitrogens with one attached hydrogen (secondary N) is 1. The lowest BCUT2D eigenvalue weighted by Crippen LogP contribution is -2.15. The van der Waals surface area contributed by atoms with Gasteiger partial charge in [-0.3, -0.25) is 4.79 Å². The van der Waals surface area contributed by atoms with Gasteiger partial charge >= 0.3 is 6.18 Å². The van der Waals surface area contributed by atoms with Crippen LogP contribution < -0.4 is 5.32 Å². The molecular formula is C12H6Cl2F3N3O. The van der Waals surface area contributed by atoms with E-state index >= 15 is 0 Å². The number of alkyl halides is 3. The van der Waals surface area contributed by atoms with E-state index in [1.165, 1.54) is 6.07 Å². The second-order valence-corrected chi connectivity index (χ2v) is 4.67. The van der Waals surface area contributed by atoms with E-state index in [2.05, 4.69) is 15.3 Å². The van der Waals surface area contributed by atoms with Gasteiger partial charge in [-0.1, -0.05) is 23.2 Å². The van der Waals surface area contributed by atoms with Gasteiger partial charge in [0.25, 0.3) is 5.91 Å². The summed E-state index contributed by atoms with van der Waals surface area (Å²) in [5.74, 6) is -0.713. The molecule has 0 radical (unpaired) electrons. The first-order valence-corrected chi connectivity index (χ1v) is 6.18. The largest absolute Gasteiger partial charge is 0.417 e. The number of rotatable bonds is 2. The molecule has 21 heavy (non-hydrogen) atoms. The van der Waals surface area contributed by atoms with Gasteiger partial charge < -0.3 is 5.32 Å². The fourth-order valence-corrected chi connectivity index (χ4v) is 1.77. The number of carbonyl (C=O) groups excluding carboxylic acids is 1. The summed E-state index contributed by atoms with van der Waals surface area (Å²) in [4.78, 5) is 19.2. The molecule has 0 spiro atoms.